The van der Waals surface area contributed by atoms with E-state index in [1.165, 1.54) is 37.0 Å². The van der Waals surface area contributed by atoms with Crippen LogP contribution in [0.4, 0.5) is 14.5 Å². The van der Waals surface area contributed by atoms with Gasteiger partial charge in [-0.05, 0) is 73.9 Å². The number of aryl methyl sites for hydroxylation is 2. The van der Waals surface area contributed by atoms with E-state index in [2.05, 4.69) is 22.0 Å². The van der Waals surface area contributed by atoms with Crippen LogP contribution in [0.25, 0.3) is 11.1 Å². The molecule has 0 spiro atoms. The zero-order valence-corrected chi connectivity index (χ0v) is 22.7. The average Bonchev–Trinajstić information content (AvgIpc) is 3.33. The van der Waals surface area contributed by atoms with Gasteiger partial charge in [-0.15, -0.1) is 0 Å². The number of nitrogens with zero attached hydrogens (tertiary/aromatic N) is 4. The van der Waals surface area contributed by atoms with Crippen LogP contribution in [0, 0.1) is 36.3 Å². The van der Waals surface area contributed by atoms with Crippen LogP contribution in [0.15, 0.2) is 40.8 Å². The van der Waals surface area contributed by atoms with Crippen molar-refractivity contribution in [1.29, 1.82) is 0 Å². The molecule has 1 amide bonds. The standard InChI is InChI=1S/C31H38F2N4O2/c1-21-34-29-17-22(8-11-30(29)39-21)5-4-12-35-19-23-6-2-3-7-25(23)26(20-35)31(38)37-15-13-36(14-16-37)24-9-10-27(32)28(33)18-24/h8-11,17-18,23,25-26H,2-7,12-16,19-20H2,1H3/t23-,25+,26-/m1/s1. The van der Waals surface area contributed by atoms with E-state index >= 15 is 0 Å². The fraction of sp³-hybridized carbons (Fsp3) is 0.548. The number of rotatable bonds is 6. The number of aromatic nitrogens is 1. The van der Waals surface area contributed by atoms with Crippen LogP contribution in [-0.4, -0.2) is 66.5 Å². The summed E-state index contributed by atoms with van der Waals surface area (Å²) in [4.78, 5) is 24.9. The number of anilines is 1. The molecule has 39 heavy (non-hydrogen) atoms. The van der Waals surface area contributed by atoms with Crippen molar-refractivity contribution in [2.45, 2.75) is 45.4 Å². The van der Waals surface area contributed by atoms with Crippen molar-refractivity contribution in [3.8, 4) is 0 Å². The summed E-state index contributed by atoms with van der Waals surface area (Å²) in [7, 11) is 0. The van der Waals surface area contributed by atoms with Gasteiger partial charge in [-0.2, -0.15) is 0 Å². The van der Waals surface area contributed by atoms with Gasteiger partial charge >= 0.3 is 0 Å². The number of likely N-dealkylation sites (tertiary alicyclic amines) is 1. The summed E-state index contributed by atoms with van der Waals surface area (Å²) in [5, 5.41) is 0. The maximum atomic E-state index is 13.9. The lowest BCUT2D eigenvalue weighted by molar-refractivity contribution is -0.142. The van der Waals surface area contributed by atoms with E-state index < -0.39 is 11.6 Å². The zero-order valence-electron chi connectivity index (χ0n) is 22.7. The molecule has 3 atom stereocenters. The molecular weight excluding hydrogens is 498 g/mol. The number of carbonyl (C=O) groups is 1. The van der Waals surface area contributed by atoms with E-state index in [4.69, 9.17) is 4.42 Å². The number of amides is 1. The Morgan fingerprint density at radius 2 is 1.82 bits per heavy atom. The second-order valence-corrected chi connectivity index (χ2v) is 11.6. The molecule has 0 unspecified atom stereocenters. The van der Waals surface area contributed by atoms with Crippen LogP contribution in [0.5, 0.6) is 0 Å². The minimum Gasteiger partial charge on any atom is -0.441 e. The third-order valence-electron chi connectivity index (χ3n) is 9.11. The first-order valence-corrected chi connectivity index (χ1v) is 14.5. The van der Waals surface area contributed by atoms with E-state index in [9.17, 15) is 13.6 Å². The number of fused-ring (bicyclic) bond motifs is 2. The van der Waals surface area contributed by atoms with Gasteiger partial charge in [0.25, 0.3) is 0 Å². The zero-order chi connectivity index (χ0) is 26.9. The first-order valence-electron chi connectivity index (χ1n) is 14.5. The molecule has 1 aromatic heterocycles. The molecule has 8 heteroatoms. The molecule has 3 aliphatic rings. The van der Waals surface area contributed by atoms with Crippen LogP contribution in [0.3, 0.4) is 0 Å². The van der Waals surface area contributed by atoms with Crippen molar-refractivity contribution in [3.05, 3.63) is 59.5 Å². The van der Waals surface area contributed by atoms with Gasteiger partial charge in [-0.3, -0.25) is 4.79 Å². The number of carbonyl (C=O) groups excluding carboxylic acids is 1. The lowest BCUT2D eigenvalue weighted by Crippen LogP contribution is -2.56. The van der Waals surface area contributed by atoms with Crippen molar-refractivity contribution < 1.29 is 18.0 Å². The van der Waals surface area contributed by atoms with Crippen LogP contribution in [-0.2, 0) is 11.2 Å². The number of piperidine rings is 1. The summed E-state index contributed by atoms with van der Waals surface area (Å²) < 4.78 is 32.7. The third-order valence-corrected chi connectivity index (χ3v) is 9.11. The Morgan fingerprint density at radius 3 is 2.64 bits per heavy atom. The monoisotopic (exact) mass is 536 g/mol. The van der Waals surface area contributed by atoms with Gasteiger partial charge in [0.2, 0.25) is 5.91 Å². The smallest absolute Gasteiger partial charge is 0.227 e. The van der Waals surface area contributed by atoms with E-state index in [0.29, 0.717) is 49.6 Å². The Kier molecular flexibility index (Phi) is 7.56. The molecule has 6 rings (SSSR count). The number of oxazole rings is 1. The Hall–Kier alpha value is -3.00. The lowest BCUT2D eigenvalue weighted by atomic mass is 9.69. The Balaban J connectivity index is 1.07. The van der Waals surface area contributed by atoms with Crippen LogP contribution in [0.2, 0.25) is 0 Å². The van der Waals surface area contributed by atoms with Gasteiger partial charge < -0.3 is 19.1 Å². The number of halogens is 2. The van der Waals surface area contributed by atoms with Crippen molar-refractivity contribution in [2.24, 2.45) is 17.8 Å². The highest BCUT2D eigenvalue weighted by Crippen LogP contribution is 2.40. The molecule has 6 nitrogen and oxygen atoms in total. The maximum Gasteiger partial charge on any atom is 0.227 e. The Morgan fingerprint density at radius 1 is 1.00 bits per heavy atom. The maximum absolute atomic E-state index is 13.9. The quantitative estimate of drug-likeness (QED) is 0.420. The minimum atomic E-state index is -0.831. The van der Waals surface area contributed by atoms with E-state index in [1.54, 1.807) is 6.07 Å². The number of hydrogen-bond acceptors (Lipinski definition) is 5. The average molecular weight is 537 g/mol. The normalized spacial score (nSPS) is 24.2. The van der Waals surface area contributed by atoms with Crippen molar-refractivity contribution in [1.82, 2.24) is 14.8 Å². The van der Waals surface area contributed by atoms with E-state index in [-0.39, 0.29) is 11.8 Å². The predicted molar refractivity (Wildman–Crippen MR) is 148 cm³/mol. The second-order valence-electron chi connectivity index (χ2n) is 11.6. The second kappa shape index (κ2) is 11.2. The summed E-state index contributed by atoms with van der Waals surface area (Å²) in [5.74, 6) is 0.442. The number of hydrogen-bond donors (Lipinski definition) is 0. The highest BCUT2D eigenvalue weighted by atomic mass is 19.2. The molecule has 3 aromatic rings. The van der Waals surface area contributed by atoms with Gasteiger partial charge in [0.15, 0.2) is 23.1 Å². The molecule has 2 aliphatic heterocycles. The van der Waals surface area contributed by atoms with Crippen LogP contribution in [0.1, 0.15) is 43.6 Å². The van der Waals surface area contributed by atoms with Crippen molar-refractivity contribution in [2.75, 3.05) is 50.7 Å². The molecule has 0 radical (unpaired) electrons. The Bertz CT molecular complexity index is 1320. The topological polar surface area (TPSA) is 52.8 Å². The fourth-order valence-electron chi connectivity index (χ4n) is 7.11. The number of piperazine rings is 1. The summed E-state index contributed by atoms with van der Waals surface area (Å²) >= 11 is 0. The predicted octanol–water partition coefficient (Wildman–Crippen LogP) is 5.43. The van der Waals surface area contributed by atoms with Gasteiger partial charge in [0.05, 0.1) is 5.92 Å². The first kappa shape index (κ1) is 26.2. The van der Waals surface area contributed by atoms with Crippen molar-refractivity contribution >= 4 is 22.7 Å². The SMILES string of the molecule is Cc1nc2cc(CCCN3C[C@H]4CCCC[C@@H]4[C@H](C(=O)N4CCN(c5ccc(F)c(F)c5)CC4)C3)ccc2o1. The highest BCUT2D eigenvalue weighted by Gasteiger charge is 2.43. The number of benzene rings is 2. The molecular formula is C31H38F2N4O2. The van der Waals surface area contributed by atoms with Gasteiger partial charge in [0.1, 0.15) is 5.52 Å². The van der Waals surface area contributed by atoms with Gasteiger partial charge in [-0.25, -0.2) is 13.8 Å². The molecule has 3 heterocycles. The first-order chi connectivity index (χ1) is 18.9. The molecule has 2 aromatic carbocycles. The van der Waals surface area contributed by atoms with E-state index in [0.717, 1.165) is 50.0 Å². The molecule has 0 N–H and O–H groups in total. The third kappa shape index (κ3) is 5.67. The lowest BCUT2D eigenvalue weighted by Gasteiger charge is -2.47. The van der Waals surface area contributed by atoms with Gasteiger partial charge in [-0.1, -0.05) is 18.9 Å². The molecule has 1 aliphatic carbocycles. The molecule has 2 saturated heterocycles. The largest absolute Gasteiger partial charge is 0.441 e. The molecule has 208 valence electrons. The van der Waals surface area contributed by atoms with E-state index in [1.807, 2.05) is 22.8 Å². The summed E-state index contributed by atoms with van der Waals surface area (Å²) in [5.41, 5.74) is 3.70. The van der Waals surface area contributed by atoms with Crippen molar-refractivity contribution in [3.63, 3.8) is 0 Å². The molecule has 1 saturated carbocycles. The summed E-state index contributed by atoms with van der Waals surface area (Å²) in [6.07, 6.45) is 6.89. The Labute approximate surface area is 229 Å². The fourth-order valence-corrected chi connectivity index (χ4v) is 7.11. The summed E-state index contributed by atoms with van der Waals surface area (Å²) in [6.45, 7) is 7.31. The van der Waals surface area contributed by atoms with Gasteiger partial charge in [0, 0.05) is 57.9 Å². The van der Waals surface area contributed by atoms with Crippen LogP contribution < -0.4 is 4.90 Å². The molecule has 0 bridgehead atoms. The summed E-state index contributed by atoms with van der Waals surface area (Å²) in [6, 6.07) is 10.3. The minimum absolute atomic E-state index is 0.0494. The van der Waals surface area contributed by atoms with Crippen LogP contribution >= 0.6 is 0 Å². The molecule has 3 fully saturated rings. The highest BCUT2D eigenvalue weighted by molar-refractivity contribution is 5.80.